The number of nitrogens with one attached hydrogen (secondary N) is 1. The molecule has 0 unspecified atom stereocenters. The van der Waals surface area contributed by atoms with Gasteiger partial charge in [-0.15, -0.1) is 0 Å². The van der Waals surface area contributed by atoms with Crippen molar-refractivity contribution >= 4 is 17.3 Å². The van der Waals surface area contributed by atoms with Gasteiger partial charge < -0.3 is 10.4 Å². The molecule has 0 spiro atoms. The standard InChI is InChI=1S/C14H17FN2O4/c15-11-8-13(17(20)21)12(7-10(11)14(18)19)16-9-5-3-1-2-4-6-9/h7-9,16H,1-6H2,(H,18,19). The smallest absolute Gasteiger partial charge is 0.338 e. The van der Waals surface area contributed by atoms with Gasteiger partial charge in [0.2, 0.25) is 0 Å². The molecule has 0 amide bonds. The van der Waals surface area contributed by atoms with Crippen LogP contribution in [0.3, 0.4) is 0 Å². The van der Waals surface area contributed by atoms with Gasteiger partial charge in [-0.2, -0.15) is 0 Å². The molecule has 1 fully saturated rings. The van der Waals surface area contributed by atoms with Gasteiger partial charge in [-0.25, -0.2) is 9.18 Å². The molecule has 1 aromatic rings. The molecule has 21 heavy (non-hydrogen) atoms. The molecule has 1 aliphatic rings. The van der Waals surface area contributed by atoms with Gasteiger partial charge in [-0.1, -0.05) is 25.7 Å². The number of halogens is 1. The Hall–Kier alpha value is -2.18. The maximum atomic E-state index is 13.6. The van der Waals surface area contributed by atoms with Crippen molar-refractivity contribution in [2.24, 2.45) is 0 Å². The molecule has 2 rings (SSSR count). The molecule has 0 aromatic heterocycles. The summed E-state index contributed by atoms with van der Waals surface area (Å²) in [4.78, 5) is 21.3. The lowest BCUT2D eigenvalue weighted by Gasteiger charge is -2.18. The average molecular weight is 296 g/mol. The number of hydrogen-bond acceptors (Lipinski definition) is 4. The van der Waals surface area contributed by atoms with Crippen LogP contribution in [0.4, 0.5) is 15.8 Å². The Morgan fingerprint density at radius 3 is 2.43 bits per heavy atom. The predicted octanol–water partition coefficient (Wildman–Crippen LogP) is 3.57. The van der Waals surface area contributed by atoms with Crippen molar-refractivity contribution in [2.75, 3.05) is 5.32 Å². The summed E-state index contributed by atoms with van der Waals surface area (Å²) in [5, 5.41) is 23.0. The van der Waals surface area contributed by atoms with Crippen LogP contribution in [0, 0.1) is 15.9 Å². The van der Waals surface area contributed by atoms with E-state index in [1.54, 1.807) is 0 Å². The highest BCUT2D eigenvalue weighted by atomic mass is 19.1. The first kappa shape index (κ1) is 15.2. The molecule has 0 saturated heterocycles. The van der Waals surface area contributed by atoms with Crippen molar-refractivity contribution in [1.82, 2.24) is 0 Å². The van der Waals surface area contributed by atoms with E-state index in [0.717, 1.165) is 44.6 Å². The van der Waals surface area contributed by atoms with E-state index in [1.807, 2.05) is 0 Å². The highest BCUT2D eigenvalue weighted by Gasteiger charge is 2.23. The third-order valence-corrected chi connectivity index (χ3v) is 3.73. The van der Waals surface area contributed by atoms with Crippen molar-refractivity contribution < 1.29 is 19.2 Å². The van der Waals surface area contributed by atoms with Gasteiger partial charge >= 0.3 is 5.97 Å². The van der Waals surface area contributed by atoms with E-state index in [0.29, 0.717) is 6.07 Å². The lowest BCUT2D eigenvalue weighted by Crippen LogP contribution is -2.19. The topological polar surface area (TPSA) is 92.5 Å². The maximum absolute atomic E-state index is 13.6. The number of hydrogen-bond donors (Lipinski definition) is 2. The van der Waals surface area contributed by atoms with Crippen molar-refractivity contribution in [3.8, 4) is 0 Å². The maximum Gasteiger partial charge on any atom is 0.338 e. The minimum Gasteiger partial charge on any atom is -0.478 e. The Morgan fingerprint density at radius 1 is 1.29 bits per heavy atom. The van der Waals surface area contributed by atoms with Crippen molar-refractivity contribution in [3.05, 3.63) is 33.6 Å². The van der Waals surface area contributed by atoms with E-state index in [1.165, 1.54) is 0 Å². The second-order valence-electron chi connectivity index (χ2n) is 5.24. The Kier molecular flexibility index (Phi) is 4.72. The fourth-order valence-corrected chi connectivity index (χ4v) is 2.64. The number of carboxylic acid groups (broad SMARTS) is 1. The summed E-state index contributed by atoms with van der Waals surface area (Å²) in [5.41, 5.74) is -0.913. The third-order valence-electron chi connectivity index (χ3n) is 3.73. The minimum absolute atomic E-state index is 0.0540. The minimum atomic E-state index is -1.44. The van der Waals surface area contributed by atoms with Crippen LogP contribution >= 0.6 is 0 Å². The summed E-state index contributed by atoms with van der Waals surface area (Å²) in [6, 6.07) is 1.74. The predicted molar refractivity (Wildman–Crippen MR) is 75.1 cm³/mol. The molecule has 0 heterocycles. The van der Waals surface area contributed by atoms with Crippen LogP contribution in [0.2, 0.25) is 0 Å². The molecule has 1 saturated carbocycles. The molecule has 114 valence electrons. The zero-order chi connectivity index (χ0) is 15.4. The Bertz CT molecular complexity index is 554. The molecule has 1 aliphatic carbocycles. The van der Waals surface area contributed by atoms with Gasteiger partial charge in [0.05, 0.1) is 16.6 Å². The molecule has 0 bridgehead atoms. The molecule has 1 aromatic carbocycles. The first-order valence-electron chi connectivity index (χ1n) is 6.97. The van der Waals surface area contributed by atoms with Crippen molar-refractivity contribution in [1.29, 1.82) is 0 Å². The van der Waals surface area contributed by atoms with E-state index < -0.39 is 28.0 Å². The number of nitro benzene ring substituents is 1. The van der Waals surface area contributed by atoms with Gasteiger partial charge in [-0.05, 0) is 18.9 Å². The van der Waals surface area contributed by atoms with Gasteiger partial charge in [0, 0.05) is 6.04 Å². The second-order valence-corrected chi connectivity index (χ2v) is 5.24. The second kappa shape index (κ2) is 6.51. The number of nitro groups is 1. The van der Waals surface area contributed by atoms with Crippen molar-refractivity contribution in [2.45, 2.75) is 44.6 Å². The lowest BCUT2D eigenvalue weighted by atomic mass is 10.1. The zero-order valence-corrected chi connectivity index (χ0v) is 11.5. The number of rotatable bonds is 4. The van der Waals surface area contributed by atoms with E-state index in [-0.39, 0.29) is 11.7 Å². The normalized spacial score (nSPS) is 16.2. The van der Waals surface area contributed by atoms with Crippen LogP contribution in [-0.4, -0.2) is 22.0 Å². The van der Waals surface area contributed by atoms with Crippen LogP contribution in [-0.2, 0) is 0 Å². The first-order valence-corrected chi connectivity index (χ1v) is 6.97. The summed E-state index contributed by atoms with van der Waals surface area (Å²) in [5.74, 6) is -2.54. The average Bonchev–Trinajstić information content (AvgIpc) is 2.68. The number of carbonyl (C=O) groups is 1. The van der Waals surface area contributed by atoms with Gasteiger partial charge in [-0.3, -0.25) is 10.1 Å². The molecule has 2 N–H and O–H groups in total. The molecule has 0 atom stereocenters. The van der Waals surface area contributed by atoms with E-state index in [2.05, 4.69) is 5.32 Å². The fraction of sp³-hybridized carbons (Fsp3) is 0.500. The largest absolute Gasteiger partial charge is 0.478 e. The molecular formula is C14H17FN2O4. The van der Waals surface area contributed by atoms with Gasteiger partial charge in [0.1, 0.15) is 11.5 Å². The van der Waals surface area contributed by atoms with Crippen molar-refractivity contribution in [3.63, 3.8) is 0 Å². The van der Waals surface area contributed by atoms with Crippen LogP contribution in [0.25, 0.3) is 0 Å². The number of carboxylic acids is 1. The van der Waals surface area contributed by atoms with Crippen LogP contribution in [0.1, 0.15) is 48.9 Å². The fourth-order valence-electron chi connectivity index (χ4n) is 2.64. The Labute approximate surface area is 121 Å². The molecule has 0 radical (unpaired) electrons. The molecule has 0 aliphatic heterocycles. The lowest BCUT2D eigenvalue weighted by molar-refractivity contribution is -0.384. The molecular weight excluding hydrogens is 279 g/mol. The van der Waals surface area contributed by atoms with E-state index in [4.69, 9.17) is 5.11 Å². The summed E-state index contributed by atoms with van der Waals surface area (Å²) in [7, 11) is 0. The van der Waals surface area contributed by atoms with Crippen LogP contribution < -0.4 is 5.32 Å². The van der Waals surface area contributed by atoms with Crippen LogP contribution in [0.15, 0.2) is 12.1 Å². The summed E-state index contributed by atoms with van der Waals surface area (Å²) < 4.78 is 13.6. The first-order chi connectivity index (χ1) is 9.99. The zero-order valence-electron chi connectivity index (χ0n) is 11.5. The number of benzene rings is 1. The van der Waals surface area contributed by atoms with E-state index in [9.17, 15) is 19.3 Å². The van der Waals surface area contributed by atoms with Crippen LogP contribution in [0.5, 0.6) is 0 Å². The third kappa shape index (κ3) is 3.68. The number of anilines is 1. The van der Waals surface area contributed by atoms with E-state index >= 15 is 0 Å². The summed E-state index contributed by atoms with van der Waals surface area (Å²) >= 11 is 0. The monoisotopic (exact) mass is 296 g/mol. The van der Waals surface area contributed by atoms with Gasteiger partial charge in [0.25, 0.3) is 5.69 Å². The van der Waals surface area contributed by atoms with Gasteiger partial charge in [0.15, 0.2) is 0 Å². The summed E-state index contributed by atoms with van der Waals surface area (Å²) in [6.45, 7) is 0. The highest BCUT2D eigenvalue weighted by molar-refractivity contribution is 5.90. The Morgan fingerprint density at radius 2 is 1.90 bits per heavy atom. The molecule has 6 nitrogen and oxygen atoms in total. The number of aromatic carboxylic acids is 1. The highest BCUT2D eigenvalue weighted by Crippen LogP contribution is 2.30. The molecule has 7 heteroatoms. The Balaban J connectivity index is 2.32. The number of nitrogens with zero attached hydrogens (tertiary/aromatic N) is 1. The quantitative estimate of drug-likeness (QED) is 0.503. The SMILES string of the molecule is O=C(O)c1cc(NC2CCCCCC2)c([N+](=O)[O-])cc1F. The summed E-state index contributed by atoms with van der Waals surface area (Å²) in [6.07, 6.45) is 6.05.